The summed E-state index contributed by atoms with van der Waals surface area (Å²) in [5.41, 5.74) is 11.6. The molecule has 12 rings (SSSR count). The van der Waals surface area contributed by atoms with Crippen LogP contribution in [0.2, 0.25) is 0 Å². The first-order valence-corrected chi connectivity index (χ1v) is 23.3. The molecule has 1 atom stereocenters. The van der Waals surface area contributed by atoms with Crippen molar-refractivity contribution < 1.29 is 4.57 Å². The SMILES string of the molecule is O=P1(c2ccccc2)N(c2ccccc2)c2ccc(-c3cccc(-c4ccc5c(c4)c4ccccc4n5-c4nc(-c5ccccc5)nc(-c5ccccc5)n4)c3)cc2N1c1ccccc1. The van der Waals surface area contributed by atoms with E-state index in [1.807, 2.05) is 156 Å². The third kappa shape index (κ3) is 6.52. The fraction of sp³-hybridized carbons (Fsp3) is 0. The average Bonchev–Trinajstić information content (AvgIpc) is 3.86. The van der Waals surface area contributed by atoms with E-state index in [-0.39, 0.29) is 0 Å². The predicted molar refractivity (Wildman–Crippen MR) is 267 cm³/mol. The second-order valence-corrected chi connectivity index (χ2v) is 18.5. The van der Waals surface area contributed by atoms with Crippen LogP contribution in [0.15, 0.2) is 237 Å². The number of rotatable bonds is 8. The molecule has 0 bridgehead atoms. The minimum absolute atomic E-state index is 0.558. The maximum Gasteiger partial charge on any atom is 0.301 e. The van der Waals surface area contributed by atoms with E-state index < -0.39 is 7.44 Å². The molecule has 0 N–H and O–H groups in total. The Morgan fingerprint density at radius 3 is 1.42 bits per heavy atom. The van der Waals surface area contributed by atoms with Crippen molar-refractivity contribution in [1.29, 1.82) is 0 Å². The summed E-state index contributed by atoms with van der Waals surface area (Å²) in [4.78, 5) is 15.2. The summed E-state index contributed by atoms with van der Waals surface area (Å²) in [6, 6.07) is 80.4. The van der Waals surface area contributed by atoms with E-state index in [2.05, 4.69) is 94.2 Å². The van der Waals surface area contributed by atoms with Gasteiger partial charge in [-0.15, -0.1) is 0 Å². The molecule has 1 aliphatic heterocycles. The second kappa shape index (κ2) is 15.8. The van der Waals surface area contributed by atoms with Crippen molar-refractivity contribution in [3.05, 3.63) is 237 Å². The number of fused-ring (bicyclic) bond motifs is 4. The van der Waals surface area contributed by atoms with Crippen LogP contribution in [0.3, 0.4) is 0 Å². The topological polar surface area (TPSA) is 67.2 Å². The van der Waals surface area contributed by atoms with Crippen molar-refractivity contribution >= 4 is 57.3 Å². The maximum absolute atomic E-state index is 16.1. The van der Waals surface area contributed by atoms with E-state index in [0.717, 1.165) is 83.2 Å². The normalized spacial score (nSPS) is 14.5. The summed E-state index contributed by atoms with van der Waals surface area (Å²) in [6.07, 6.45) is 0. The van der Waals surface area contributed by atoms with Crippen LogP contribution in [0, 0.1) is 0 Å². The third-order valence-corrected chi connectivity index (χ3v) is 15.1. The Labute approximate surface area is 376 Å². The van der Waals surface area contributed by atoms with Gasteiger partial charge in [0, 0.05) is 33.3 Å². The van der Waals surface area contributed by atoms with E-state index in [0.29, 0.717) is 17.6 Å². The highest BCUT2D eigenvalue weighted by Gasteiger charge is 2.49. The van der Waals surface area contributed by atoms with Crippen LogP contribution in [0.25, 0.3) is 72.8 Å². The summed E-state index contributed by atoms with van der Waals surface area (Å²) in [6.45, 7) is 0. The number of aromatic nitrogens is 4. The van der Waals surface area contributed by atoms with Gasteiger partial charge in [-0.2, -0.15) is 9.97 Å². The Morgan fingerprint density at radius 1 is 0.338 bits per heavy atom. The quantitative estimate of drug-likeness (QED) is 0.142. The Bertz CT molecular complexity index is 3530. The van der Waals surface area contributed by atoms with Crippen molar-refractivity contribution in [2.45, 2.75) is 0 Å². The van der Waals surface area contributed by atoms with Gasteiger partial charge in [0.25, 0.3) is 0 Å². The van der Waals surface area contributed by atoms with E-state index in [4.69, 9.17) is 15.0 Å². The molecule has 3 heterocycles. The van der Waals surface area contributed by atoms with Crippen molar-refractivity contribution in [3.63, 3.8) is 0 Å². The number of benzene rings is 9. The van der Waals surface area contributed by atoms with Gasteiger partial charge in [0.15, 0.2) is 11.6 Å². The lowest BCUT2D eigenvalue weighted by atomic mass is 9.97. The van der Waals surface area contributed by atoms with Crippen LogP contribution in [-0.4, -0.2) is 19.5 Å². The van der Waals surface area contributed by atoms with E-state index >= 15 is 4.57 Å². The molecule has 308 valence electrons. The molecule has 65 heavy (non-hydrogen) atoms. The second-order valence-electron chi connectivity index (χ2n) is 16.1. The van der Waals surface area contributed by atoms with Crippen LogP contribution in [0.5, 0.6) is 0 Å². The first-order valence-electron chi connectivity index (χ1n) is 21.6. The Hall–Kier alpha value is -8.38. The molecule has 0 fully saturated rings. The average molecular weight is 855 g/mol. The first-order chi connectivity index (χ1) is 32.1. The lowest BCUT2D eigenvalue weighted by Gasteiger charge is -2.33. The monoisotopic (exact) mass is 854 g/mol. The highest BCUT2D eigenvalue weighted by atomic mass is 31.2. The third-order valence-electron chi connectivity index (χ3n) is 12.2. The number of anilines is 4. The highest BCUT2D eigenvalue weighted by molar-refractivity contribution is 7.76. The summed E-state index contributed by atoms with van der Waals surface area (Å²) in [7, 11) is -3.49. The lowest BCUT2D eigenvalue weighted by Crippen LogP contribution is -2.26. The Kier molecular flexibility index (Phi) is 9.29. The van der Waals surface area contributed by atoms with E-state index in [1.54, 1.807) is 0 Å². The fourth-order valence-corrected chi connectivity index (χ4v) is 12.2. The molecule has 8 heteroatoms. The molecule has 0 amide bonds. The van der Waals surface area contributed by atoms with Gasteiger partial charge in [0.05, 0.1) is 27.7 Å². The molecule has 0 radical (unpaired) electrons. The maximum atomic E-state index is 16.1. The molecular formula is C57H39N6OP. The van der Waals surface area contributed by atoms with Gasteiger partial charge in [0.2, 0.25) is 5.95 Å². The summed E-state index contributed by atoms with van der Waals surface area (Å²) < 4.78 is 22.4. The standard InChI is InChI=1S/C57H39N6OP/c64-65(48-29-14-5-15-30-48)62(46-25-10-3-11-26-46)53-36-34-45(39-54(53)63(65)47-27-12-4-13-28-47)43-24-18-23-42(37-43)44-33-35-52-50(38-44)49-31-16-17-32-51(49)61(52)57-59-55(40-19-6-1-7-20-40)58-56(60-57)41-21-8-2-9-22-41/h1-39H. The number of nitrogens with zero attached hydrogens (tertiary/aromatic N) is 6. The molecule has 2 aromatic heterocycles. The number of hydrogen-bond donors (Lipinski definition) is 0. The summed E-state index contributed by atoms with van der Waals surface area (Å²) in [5.74, 6) is 1.79. The van der Waals surface area contributed by atoms with Gasteiger partial charge < -0.3 is 0 Å². The zero-order valence-corrected chi connectivity index (χ0v) is 35.9. The van der Waals surface area contributed by atoms with Crippen LogP contribution in [-0.2, 0) is 4.57 Å². The van der Waals surface area contributed by atoms with Crippen LogP contribution >= 0.6 is 7.44 Å². The molecule has 0 spiro atoms. The van der Waals surface area contributed by atoms with E-state index in [9.17, 15) is 0 Å². The molecule has 1 unspecified atom stereocenters. The van der Waals surface area contributed by atoms with Crippen molar-refractivity contribution in [2.75, 3.05) is 9.34 Å². The summed E-state index contributed by atoms with van der Waals surface area (Å²) in [5, 5.41) is 2.96. The minimum Gasteiger partial charge on any atom is -0.278 e. The molecular weight excluding hydrogens is 816 g/mol. The van der Waals surface area contributed by atoms with Crippen LogP contribution < -0.4 is 14.6 Å². The smallest absolute Gasteiger partial charge is 0.278 e. The van der Waals surface area contributed by atoms with Crippen LogP contribution in [0.4, 0.5) is 22.7 Å². The molecule has 0 saturated carbocycles. The summed E-state index contributed by atoms with van der Waals surface area (Å²) >= 11 is 0. The predicted octanol–water partition coefficient (Wildman–Crippen LogP) is 14.4. The zero-order valence-electron chi connectivity index (χ0n) is 35.1. The molecule has 0 aliphatic carbocycles. The van der Waals surface area contributed by atoms with Gasteiger partial charge in [-0.1, -0.05) is 164 Å². The highest BCUT2D eigenvalue weighted by Crippen LogP contribution is 2.70. The Balaban J connectivity index is 0.983. The largest absolute Gasteiger partial charge is 0.301 e. The van der Waals surface area contributed by atoms with Crippen molar-refractivity contribution in [2.24, 2.45) is 0 Å². The van der Waals surface area contributed by atoms with Gasteiger partial charge in [-0.3, -0.25) is 18.5 Å². The Morgan fingerprint density at radius 2 is 0.800 bits per heavy atom. The van der Waals surface area contributed by atoms with Gasteiger partial charge in [0.1, 0.15) is 0 Å². The zero-order chi connectivity index (χ0) is 43.3. The van der Waals surface area contributed by atoms with Gasteiger partial charge >= 0.3 is 7.44 Å². The van der Waals surface area contributed by atoms with Crippen molar-refractivity contribution in [3.8, 4) is 51.0 Å². The lowest BCUT2D eigenvalue weighted by molar-refractivity contribution is 0.582. The molecule has 0 saturated heterocycles. The number of para-hydroxylation sites is 3. The molecule has 7 nitrogen and oxygen atoms in total. The molecule has 9 aromatic carbocycles. The first kappa shape index (κ1) is 38.3. The van der Waals surface area contributed by atoms with Gasteiger partial charge in [-0.25, -0.2) is 4.98 Å². The number of hydrogen-bond acceptors (Lipinski definition) is 4. The minimum atomic E-state index is -3.49. The van der Waals surface area contributed by atoms with Crippen molar-refractivity contribution in [1.82, 2.24) is 19.5 Å². The fourth-order valence-electron chi connectivity index (χ4n) is 9.16. The molecule has 11 aromatic rings. The van der Waals surface area contributed by atoms with Gasteiger partial charge in [-0.05, 0) is 95.1 Å². The molecule has 1 aliphatic rings. The van der Waals surface area contributed by atoms with Crippen LogP contribution in [0.1, 0.15) is 0 Å². The van der Waals surface area contributed by atoms with E-state index in [1.165, 1.54) is 0 Å².